The number of carbonyl (C=O) groups excluding carboxylic acids is 2. The average molecular weight is 354 g/mol. The number of hydrogen-bond acceptors (Lipinski definition) is 5. The summed E-state index contributed by atoms with van der Waals surface area (Å²) < 4.78 is 6.08. The first-order valence-corrected chi connectivity index (χ1v) is 8.07. The molecule has 1 aromatic carbocycles. The Morgan fingerprint density at radius 3 is 2.73 bits per heavy atom. The molecule has 3 aromatic rings. The first-order chi connectivity index (χ1) is 12.6. The quantitative estimate of drug-likeness (QED) is 0.634. The third-order valence-corrected chi connectivity index (χ3v) is 4.00. The van der Waals surface area contributed by atoms with Crippen molar-refractivity contribution in [3.05, 3.63) is 69.8 Å². The molecule has 0 unspecified atom stereocenters. The van der Waals surface area contributed by atoms with Crippen molar-refractivity contribution in [2.45, 2.75) is 12.8 Å². The van der Waals surface area contributed by atoms with Crippen LogP contribution in [-0.4, -0.2) is 40.1 Å². The van der Waals surface area contributed by atoms with Gasteiger partial charge >= 0.3 is 5.97 Å². The van der Waals surface area contributed by atoms with Crippen molar-refractivity contribution in [2.24, 2.45) is 0 Å². The first-order valence-electron chi connectivity index (χ1n) is 8.07. The van der Waals surface area contributed by atoms with Crippen molar-refractivity contribution < 1.29 is 14.3 Å². The number of esters is 1. The largest absolute Gasteiger partial charge is 0.468 e. The molecule has 8 nitrogen and oxygen atoms in total. The summed E-state index contributed by atoms with van der Waals surface area (Å²) in [5.74, 6) is -1.27. The number of fused-ring (bicyclic) bond motifs is 1. The van der Waals surface area contributed by atoms with E-state index in [0.29, 0.717) is 6.42 Å². The maximum Gasteiger partial charge on any atom is 0.325 e. The minimum absolute atomic E-state index is 0.112. The van der Waals surface area contributed by atoms with E-state index in [1.165, 1.54) is 19.5 Å². The van der Waals surface area contributed by atoms with E-state index in [2.05, 4.69) is 20.1 Å². The van der Waals surface area contributed by atoms with E-state index < -0.39 is 17.3 Å². The molecular formula is C18H18N4O4. The smallest absolute Gasteiger partial charge is 0.325 e. The lowest BCUT2D eigenvalue weighted by atomic mass is 10.1. The van der Waals surface area contributed by atoms with Crippen molar-refractivity contribution in [3.63, 3.8) is 0 Å². The fourth-order valence-electron chi connectivity index (χ4n) is 2.69. The second kappa shape index (κ2) is 7.64. The van der Waals surface area contributed by atoms with Gasteiger partial charge in [-0.3, -0.25) is 19.5 Å². The van der Waals surface area contributed by atoms with Crippen LogP contribution in [0.15, 0.2) is 47.5 Å². The van der Waals surface area contributed by atoms with Crippen LogP contribution in [0.3, 0.4) is 0 Å². The van der Waals surface area contributed by atoms with Crippen LogP contribution < -0.4 is 10.7 Å². The lowest BCUT2D eigenvalue weighted by Crippen LogP contribution is -2.34. The van der Waals surface area contributed by atoms with Crippen molar-refractivity contribution in [1.82, 2.24) is 19.9 Å². The molecule has 0 aliphatic carbocycles. The molecule has 0 aliphatic heterocycles. The minimum Gasteiger partial charge on any atom is -0.468 e. The van der Waals surface area contributed by atoms with Crippen LogP contribution in [0.2, 0.25) is 0 Å². The number of benzene rings is 1. The van der Waals surface area contributed by atoms with Crippen molar-refractivity contribution in [2.75, 3.05) is 13.7 Å². The van der Waals surface area contributed by atoms with E-state index in [1.54, 1.807) is 4.52 Å². The Bertz CT molecular complexity index is 991. The normalized spacial score (nSPS) is 10.7. The second-order valence-electron chi connectivity index (χ2n) is 5.67. The zero-order valence-corrected chi connectivity index (χ0v) is 14.2. The Hall–Kier alpha value is -3.42. The number of rotatable bonds is 6. The van der Waals surface area contributed by atoms with Crippen LogP contribution in [0.25, 0.3) is 5.65 Å². The van der Waals surface area contributed by atoms with Crippen molar-refractivity contribution in [3.8, 4) is 0 Å². The number of amides is 1. The number of nitrogens with one attached hydrogen (secondary N) is 2. The Balaban J connectivity index is 1.87. The van der Waals surface area contributed by atoms with E-state index >= 15 is 0 Å². The highest BCUT2D eigenvalue weighted by atomic mass is 16.5. The monoisotopic (exact) mass is 354 g/mol. The standard InChI is InChI=1S/C18H18N4O4/c1-26-15(24)10-19-18(25)16-14(23)9-13(22-17(16)20-11-21-22)8-7-12-5-3-2-4-6-12/h2-6,9,11H,7-8,10H2,1H3,(H,19,25)(H,20,21). The van der Waals surface area contributed by atoms with Gasteiger partial charge in [0.15, 0.2) is 11.1 Å². The van der Waals surface area contributed by atoms with Crippen LogP contribution >= 0.6 is 0 Å². The number of aromatic amines is 1. The molecule has 26 heavy (non-hydrogen) atoms. The fraction of sp³-hybridized carbons (Fsp3) is 0.222. The van der Waals surface area contributed by atoms with Gasteiger partial charge in [-0.2, -0.15) is 0 Å². The summed E-state index contributed by atoms with van der Waals surface area (Å²) >= 11 is 0. The molecular weight excluding hydrogens is 336 g/mol. The van der Waals surface area contributed by atoms with Crippen LogP contribution in [-0.2, 0) is 22.4 Å². The van der Waals surface area contributed by atoms with Gasteiger partial charge in [-0.15, -0.1) is 0 Å². The Morgan fingerprint density at radius 1 is 1.23 bits per heavy atom. The maximum absolute atomic E-state index is 12.5. The zero-order chi connectivity index (χ0) is 18.5. The van der Waals surface area contributed by atoms with Gasteiger partial charge in [-0.1, -0.05) is 30.3 Å². The number of carbonyl (C=O) groups is 2. The number of hydrogen-bond donors (Lipinski definition) is 2. The lowest BCUT2D eigenvalue weighted by Gasteiger charge is -2.09. The number of methoxy groups -OCH3 is 1. The van der Waals surface area contributed by atoms with Gasteiger partial charge in [0, 0.05) is 11.8 Å². The van der Waals surface area contributed by atoms with Crippen molar-refractivity contribution in [1.29, 1.82) is 0 Å². The fourth-order valence-corrected chi connectivity index (χ4v) is 2.69. The molecule has 0 bridgehead atoms. The Kier molecular flexibility index (Phi) is 5.12. The lowest BCUT2D eigenvalue weighted by molar-refractivity contribution is -0.139. The molecule has 0 aliphatic rings. The highest BCUT2D eigenvalue weighted by Gasteiger charge is 2.19. The molecule has 0 fully saturated rings. The van der Waals surface area contributed by atoms with Crippen LogP contribution in [0.5, 0.6) is 0 Å². The first kappa shape index (κ1) is 17.4. The number of aromatic nitrogens is 3. The molecule has 0 atom stereocenters. The molecule has 1 amide bonds. The van der Waals surface area contributed by atoms with Crippen molar-refractivity contribution >= 4 is 17.5 Å². The second-order valence-corrected chi connectivity index (χ2v) is 5.67. The van der Waals surface area contributed by atoms with Crippen LogP contribution in [0, 0.1) is 0 Å². The predicted molar refractivity (Wildman–Crippen MR) is 94.0 cm³/mol. The highest BCUT2D eigenvalue weighted by molar-refractivity contribution is 6.00. The molecule has 2 N–H and O–H groups in total. The van der Waals surface area contributed by atoms with Gasteiger partial charge in [-0.05, 0) is 18.4 Å². The number of nitrogens with zero attached hydrogens (tertiary/aromatic N) is 2. The molecule has 0 saturated heterocycles. The van der Waals surface area contributed by atoms with Gasteiger partial charge in [0.2, 0.25) is 0 Å². The van der Waals surface area contributed by atoms with Gasteiger partial charge in [0.1, 0.15) is 18.4 Å². The number of aryl methyl sites for hydroxylation is 2. The predicted octanol–water partition coefficient (Wildman–Crippen LogP) is 0.711. The highest BCUT2D eigenvalue weighted by Crippen LogP contribution is 2.10. The molecule has 0 spiro atoms. The van der Waals surface area contributed by atoms with E-state index in [1.807, 2.05) is 30.3 Å². The molecule has 8 heteroatoms. The summed E-state index contributed by atoms with van der Waals surface area (Å²) in [4.78, 5) is 40.0. The number of pyridine rings is 1. The van der Waals surface area contributed by atoms with Gasteiger partial charge < -0.3 is 10.1 Å². The Labute approximate surface area is 148 Å². The number of H-pyrrole nitrogens is 1. The molecule has 134 valence electrons. The molecule has 2 aromatic heterocycles. The van der Waals surface area contributed by atoms with Gasteiger partial charge in [-0.25, -0.2) is 9.50 Å². The van der Waals surface area contributed by atoms with E-state index in [-0.39, 0.29) is 17.8 Å². The van der Waals surface area contributed by atoms with E-state index in [4.69, 9.17) is 0 Å². The van der Waals surface area contributed by atoms with Crippen LogP contribution in [0.1, 0.15) is 21.6 Å². The maximum atomic E-state index is 12.5. The molecule has 0 saturated carbocycles. The Morgan fingerprint density at radius 2 is 2.00 bits per heavy atom. The van der Waals surface area contributed by atoms with E-state index in [0.717, 1.165) is 17.7 Å². The third kappa shape index (κ3) is 3.64. The summed E-state index contributed by atoms with van der Waals surface area (Å²) in [5.41, 5.74) is 1.54. The zero-order valence-electron chi connectivity index (χ0n) is 14.2. The summed E-state index contributed by atoms with van der Waals surface area (Å²) in [6.07, 6.45) is 2.76. The molecule has 2 heterocycles. The summed E-state index contributed by atoms with van der Waals surface area (Å²) in [6, 6.07) is 11.3. The third-order valence-electron chi connectivity index (χ3n) is 4.00. The topological polar surface area (TPSA) is 106 Å². The van der Waals surface area contributed by atoms with Crippen LogP contribution in [0.4, 0.5) is 0 Å². The molecule has 3 rings (SSSR count). The van der Waals surface area contributed by atoms with E-state index in [9.17, 15) is 14.4 Å². The minimum atomic E-state index is -0.667. The average Bonchev–Trinajstić information content (AvgIpc) is 3.14. The summed E-state index contributed by atoms with van der Waals surface area (Å²) in [5, 5.41) is 5.29. The van der Waals surface area contributed by atoms with Gasteiger partial charge in [0.25, 0.3) is 5.91 Å². The van der Waals surface area contributed by atoms with Gasteiger partial charge in [0.05, 0.1) is 7.11 Å². The SMILES string of the molecule is COC(=O)CNC(=O)c1c(=O)cc(CCc2ccccc2)n2[nH]cnc12. The summed E-state index contributed by atoms with van der Waals surface area (Å²) in [6.45, 7) is -0.318. The number of ether oxygens (including phenoxy) is 1. The summed E-state index contributed by atoms with van der Waals surface area (Å²) in [7, 11) is 1.22. The molecule has 0 radical (unpaired) electrons.